The molecular weight excluding hydrogens is 334 g/mol. The van der Waals surface area contributed by atoms with Gasteiger partial charge in [0, 0.05) is 19.0 Å². The molecule has 1 saturated heterocycles. The van der Waals surface area contributed by atoms with Gasteiger partial charge in [0.2, 0.25) is 0 Å². The van der Waals surface area contributed by atoms with Gasteiger partial charge in [-0.25, -0.2) is 13.6 Å². The number of hydrogen-bond donors (Lipinski definition) is 3. The molecule has 4 bridgehead atoms. The van der Waals surface area contributed by atoms with Crippen molar-refractivity contribution in [3.05, 3.63) is 0 Å². The molecule has 25 heavy (non-hydrogen) atoms. The minimum Gasteiger partial charge on any atom is -0.465 e. The van der Waals surface area contributed by atoms with Crippen LogP contribution in [-0.2, 0) is 4.79 Å². The lowest BCUT2D eigenvalue weighted by atomic mass is 9.52. The number of aliphatic hydroxyl groups is 1. The average Bonchev–Trinajstić information content (AvgIpc) is 2.72. The Balaban J connectivity index is 1.57. The lowest BCUT2D eigenvalue weighted by molar-refractivity contribution is -0.161. The molecule has 4 aliphatic carbocycles. The van der Waals surface area contributed by atoms with E-state index in [9.17, 15) is 28.6 Å². The number of halogens is 2. The van der Waals surface area contributed by atoms with Crippen molar-refractivity contribution in [3.8, 4) is 0 Å². The number of carboxylic acid groups (broad SMARTS) is 1. The van der Waals surface area contributed by atoms with E-state index in [2.05, 4.69) is 5.32 Å². The molecule has 0 aromatic heterocycles. The standard InChI is InChI=1S/C17H24F2N2O4/c1-15(17(18,19)2-3-21(15)14(23)24)13(22)20-12-10-4-9-5-11(12)8-16(25,6-9)7-10/h9-12,25H,2-8H2,1H3,(H,20,22)(H,23,24). The highest BCUT2D eigenvalue weighted by atomic mass is 19.3. The first-order valence-electron chi connectivity index (χ1n) is 8.97. The number of nitrogens with zero attached hydrogens (tertiary/aromatic N) is 1. The molecular formula is C17H24F2N2O4. The molecule has 1 heterocycles. The van der Waals surface area contributed by atoms with Crippen molar-refractivity contribution in [3.63, 3.8) is 0 Å². The SMILES string of the molecule is CC1(C(=O)NC2C3CC4CC2CC(O)(C4)C3)N(C(=O)O)CCC1(F)F. The molecule has 0 aromatic rings. The maximum absolute atomic E-state index is 14.4. The van der Waals surface area contributed by atoms with Gasteiger partial charge in [-0.15, -0.1) is 0 Å². The Hall–Kier alpha value is -1.44. The molecule has 5 fully saturated rings. The third-order valence-electron chi connectivity index (χ3n) is 7.11. The summed E-state index contributed by atoms with van der Waals surface area (Å²) in [7, 11) is 0. The van der Waals surface area contributed by atoms with Crippen LogP contribution in [-0.4, -0.2) is 56.8 Å². The summed E-state index contributed by atoms with van der Waals surface area (Å²) < 4.78 is 28.8. The molecule has 8 heteroatoms. The van der Waals surface area contributed by atoms with Gasteiger partial charge in [-0.05, 0) is 56.8 Å². The van der Waals surface area contributed by atoms with Gasteiger partial charge in [0.15, 0.2) is 5.54 Å². The van der Waals surface area contributed by atoms with Crippen LogP contribution in [0.5, 0.6) is 0 Å². The van der Waals surface area contributed by atoms with Crippen molar-refractivity contribution >= 4 is 12.0 Å². The molecule has 4 saturated carbocycles. The van der Waals surface area contributed by atoms with Crippen molar-refractivity contribution < 1.29 is 28.6 Å². The highest BCUT2D eigenvalue weighted by molar-refractivity contribution is 5.91. The number of likely N-dealkylation sites (tertiary alicyclic amines) is 1. The van der Waals surface area contributed by atoms with Crippen LogP contribution in [0.25, 0.3) is 0 Å². The lowest BCUT2D eigenvalue weighted by Gasteiger charge is -2.58. The van der Waals surface area contributed by atoms with E-state index in [0.717, 1.165) is 26.2 Å². The summed E-state index contributed by atoms with van der Waals surface area (Å²) in [4.78, 5) is 24.7. The fourth-order valence-corrected chi connectivity index (χ4v) is 6.00. The summed E-state index contributed by atoms with van der Waals surface area (Å²) >= 11 is 0. The summed E-state index contributed by atoms with van der Waals surface area (Å²) in [5, 5.41) is 22.6. The topological polar surface area (TPSA) is 89.9 Å². The van der Waals surface area contributed by atoms with Gasteiger partial charge >= 0.3 is 6.09 Å². The molecule has 1 aliphatic heterocycles. The smallest absolute Gasteiger partial charge is 0.408 e. The molecule has 3 atom stereocenters. The van der Waals surface area contributed by atoms with Crippen LogP contribution < -0.4 is 5.32 Å². The monoisotopic (exact) mass is 358 g/mol. The highest BCUT2D eigenvalue weighted by Gasteiger charge is 2.66. The molecule has 0 aromatic carbocycles. The zero-order chi connectivity index (χ0) is 18.2. The van der Waals surface area contributed by atoms with E-state index in [1.54, 1.807) is 0 Å². The maximum atomic E-state index is 14.4. The van der Waals surface area contributed by atoms with E-state index in [0.29, 0.717) is 23.7 Å². The number of amides is 2. The Morgan fingerprint density at radius 1 is 1.16 bits per heavy atom. The Labute approximate surface area is 144 Å². The van der Waals surface area contributed by atoms with E-state index in [4.69, 9.17) is 0 Å². The molecule has 0 spiro atoms. The molecule has 5 aliphatic rings. The van der Waals surface area contributed by atoms with E-state index in [1.165, 1.54) is 0 Å². The van der Waals surface area contributed by atoms with Gasteiger partial charge in [0.25, 0.3) is 11.8 Å². The third-order valence-corrected chi connectivity index (χ3v) is 7.11. The minimum atomic E-state index is -3.40. The highest BCUT2D eigenvalue weighted by Crippen LogP contribution is 2.56. The van der Waals surface area contributed by atoms with Crippen molar-refractivity contribution in [1.82, 2.24) is 10.2 Å². The average molecular weight is 358 g/mol. The van der Waals surface area contributed by atoms with Crippen LogP contribution in [0.4, 0.5) is 13.6 Å². The number of carbonyl (C=O) groups is 2. The van der Waals surface area contributed by atoms with Gasteiger partial charge in [0.1, 0.15) is 0 Å². The normalized spacial score (nSPS) is 47.1. The predicted octanol–water partition coefficient (Wildman–Crippen LogP) is 1.82. The van der Waals surface area contributed by atoms with E-state index in [-0.39, 0.29) is 24.4 Å². The van der Waals surface area contributed by atoms with Gasteiger partial charge < -0.3 is 15.5 Å². The predicted molar refractivity (Wildman–Crippen MR) is 83.1 cm³/mol. The quantitative estimate of drug-likeness (QED) is 0.702. The summed E-state index contributed by atoms with van der Waals surface area (Å²) in [6.07, 6.45) is 1.58. The van der Waals surface area contributed by atoms with Crippen LogP contribution in [0.3, 0.4) is 0 Å². The van der Waals surface area contributed by atoms with Crippen molar-refractivity contribution in [2.45, 2.75) is 68.6 Å². The van der Waals surface area contributed by atoms with E-state index < -0.39 is 35.5 Å². The second kappa shape index (κ2) is 5.05. The van der Waals surface area contributed by atoms with Crippen molar-refractivity contribution in [1.29, 1.82) is 0 Å². The number of hydrogen-bond acceptors (Lipinski definition) is 3. The molecule has 2 amide bonds. The van der Waals surface area contributed by atoms with Gasteiger partial charge in [-0.3, -0.25) is 9.69 Å². The summed E-state index contributed by atoms with van der Waals surface area (Å²) in [5.74, 6) is -3.72. The molecule has 3 unspecified atom stereocenters. The molecule has 3 N–H and O–H groups in total. The van der Waals surface area contributed by atoms with Crippen LogP contribution in [0.2, 0.25) is 0 Å². The first-order valence-corrected chi connectivity index (χ1v) is 8.97. The Bertz CT molecular complexity index is 612. The summed E-state index contributed by atoms with van der Waals surface area (Å²) in [6, 6.07) is -0.256. The number of nitrogens with one attached hydrogen (secondary N) is 1. The first-order chi connectivity index (χ1) is 11.6. The molecule has 6 nitrogen and oxygen atoms in total. The fraction of sp³-hybridized carbons (Fsp3) is 0.882. The molecule has 5 rings (SSSR count). The fourth-order valence-electron chi connectivity index (χ4n) is 6.00. The zero-order valence-electron chi connectivity index (χ0n) is 14.2. The van der Waals surface area contributed by atoms with E-state index >= 15 is 0 Å². The number of rotatable bonds is 2. The van der Waals surface area contributed by atoms with Gasteiger partial charge in [-0.1, -0.05) is 0 Å². The second-order valence-electron chi connectivity index (χ2n) is 8.65. The van der Waals surface area contributed by atoms with Gasteiger partial charge in [0.05, 0.1) is 5.60 Å². The maximum Gasteiger partial charge on any atom is 0.408 e. The summed E-state index contributed by atoms with van der Waals surface area (Å²) in [5.41, 5.74) is -3.06. The van der Waals surface area contributed by atoms with Crippen LogP contribution >= 0.6 is 0 Å². The molecule has 0 radical (unpaired) electrons. The minimum absolute atomic E-state index is 0.0807. The van der Waals surface area contributed by atoms with Crippen molar-refractivity contribution in [2.24, 2.45) is 17.8 Å². The first kappa shape index (κ1) is 17.0. The van der Waals surface area contributed by atoms with Crippen molar-refractivity contribution in [2.75, 3.05) is 6.54 Å². The second-order valence-corrected chi connectivity index (χ2v) is 8.65. The van der Waals surface area contributed by atoms with E-state index in [1.807, 2.05) is 0 Å². The lowest BCUT2D eigenvalue weighted by Crippen LogP contribution is -2.68. The van der Waals surface area contributed by atoms with Crippen LogP contribution in [0.15, 0.2) is 0 Å². The number of alkyl halides is 2. The Morgan fingerprint density at radius 2 is 1.76 bits per heavy atom. The molecule has 140 valence electrons. The number of carbonyl (C=O) groups excluding carboxylic acids is 1. The van der Waals surface area contributed by atoms with Crippen LogP contribution in [0, 0.1) is 17.8 Å². The zero-order valence-corrected chi connectivity index (χ0v) is 14.2. The van der Waals surface area contributed by atoms with Gasteiger partial charge in [-0.2, -0.15) is 0 Å². The Morgan fingerprint density at radius 3 is 2.28 bits per heavy atom. The van der Waals surface area contributed by atoms with Crippen LogP contribution in [0.1, 0.15) is 45.4 Å². The third kappa shape index (κ3) is 2.29. The summed E-state index contributed by atoms with van der Waals surface area (Å²) in [6.45, 7) is 0.665. The Kier molecular flexibility index (Phi) is 3.43. The largest absolute Gasteiger partial charge is 0.465 e.